The second-order valence-electron chi connectivity index (χ2n) is 4.25. The second kappa shape index (κ2) is 6.17. The van der Waals surface area contributed by atoms with Crippen LogP contribution in [0.25, 0.3) is 5.70 Å². The summed E-state index contributed by atoms with van der Waals surface area (Å²) in [5, 5.41) is 3.26. The van der Waals surface area contributed by atoms with Crippen LogP contribution in [0, 0.1) is 0 Å². The van der Waals surface area contributed by atoms with Gasteiger partial charge in [-0.15, -0.1) is 5.73 Å². The standard InChI is InChI=1S/C15H22N2/c1-6-9-12-13(15(7-2)17(4)5)10-8-11-14(12)16-3/h8,10-11,16H,2,6,9H2,1,3-5H3. The molecule has 0 aliphatic heterocycles. The van der Waals surface area contributed by atoms with Crippen molar-refractivity contribution in [2.45, 2.75) is 19.8 Å². The van der Waals surface area contributed by atoms with E-state index in [4.69, 9.17) is 0 Å². The normalized spacial score (nSPS) is 9.65. The van der Waals surface area contributed by atoms with Gasteiger partial charge in [0, 0.05) is 32.4 Å². The molecular formula is C15H22N2. The Bertz CT molecular complexity index is 427. The lowest BCUT2D eigenvalue weighted by Gasteiger charge is -2.20. The van der Waals surface area contributed by atoms with Crippen molar-refractivity contribution in [2.24, 2.45) is 0 Å². The van der Waals surface area contributed by atoms with E-state index >= 15 is 0 Å². The van der Waals surface area contributed by atoms with Crippen LogP contribution in [0.2, 0.25) is 0 Å². The van der Waals surface area contributed by atoms with Gasteiger partial charge >= 0.3 is 0 Å². The van der Waals surface area contributed by atoms with Crippen molar-refractivity contribution in [1.29, 1.82) is 0 Å². The van der Waals surface area contributed by atoms with Crippen LogP contribution in [-0.4, -0.2) is 26.0 Å². The fourth-order valence-electron chi connectivity index (χ4n) is 2.06. The molecule has 0 atom stereocenters. The van der Waals surface area contributed by atoms with Crippen LogP contribution >= 0.6 is 0 Å². The number of hydrogen-bond donors (Lipinski definition) is 1. The topological polar surface area (TPSA) is 15.3 Å². The Hall–Kier alpha value is -1.66. The summed E-state index contributed by atoms with van der Waals surface area (Å²) >= 11 is 0. The lowest BCUT2D eigenvalue weighted by molar-refractivity contribution is 0.591. The summed E-state index contributed by atoms with van der Waals surface area (Å²) in [6.45, 7) is 5.99. The SMILES string of the molecule is C=C=C(c1cccc(NC)c1CCC)N(C)C. The van der Waals surface area contributed by atoms with Crippen molar-refractivity contribution < 1.29 is 0 Å². The molecule has 1 aromatic rings. The van der Waals surface area contributed by atoms with Gasteiger partial charge in [0.25, 0.3) is 0 Å². The average Bonchev–Trinajstić information content (AvgIpc) is 2.31. The summed E-state index contributed by atoms with van der Waals surface area (Å²) in [6, 6.07) is 6.32. The van der Waals surface area contributed by atoms with Crippen molar-refractivity contribution in [3.05, 3.63) is 41.6 Å². The van der Waals surface area contributed by atoms with Gasteiger partial charge in [0.05, 0.1) is 5.70 Å². The first-order valence-electron chi connectivity index (χ1n) is 6.03. The summed E-state index contributed by atoms with van der Waals surface area (Å²) < 4.78 is 0. The van der Waals surface area contributed by atoms with Gasteiger partial charge in [0.1, 0.15) is 0 Å². The van der Waals surface area contributed by atoms with Gasteiger partial charge in [-0.05, 0) is 18.1 Å². The first-order valence-corrected chi connectivity index (χ1v) is 6.03. The maximum Gasteiger partial charge on any atom is 0.0865 e. The maximum absolute atomic E-state index is 3.79. The lowest BCUT2D eigenvalue weighted by atomic mass is 9.98. The van der Waals surface area contributed by atoms with Crippen molar-refractivity contribution >= 4 is 11.4 Å². The van der Waals surface area contributed by atoms with E-state index in [1.54, 1.807) is 0 Å². The van der Waals surface area contributed by atoms with E-state index in [0.29, 0.717) is 0 Å². The molecular weight excluding hydrogens is 208 g/mol. The zero-order valence-electron chi connectivity index (χ0n) is 11.3. The highest BCUT2D eigenvalue weighted by atomic mass is 15.1. The fourth-order valence-corrected chi connectivity index (χ4v) is 2.06. The molecule has 2 heteroatoms. The van der Waals surface area contributed by atoms with Gasteiger partial charge in [-0.2, -0.15) is 0 Å². The molecule has 92 valence electrons. The van der Waals surface area contributed by atoms with E-state index in [9.17, 15) is 0 Å². The van der Waals surface area contributed by atoms with E-state index in [1.807, 2.05) is 21.1 Å². The molecule has 0 saturated carbocycles. The highest BCUT2D eigenvalue weighted by Crippen LogP contribution is 2.27. The molecule has 0 fully saturated rings. The molecule has 17 heavy (non-hydrogen) atoms. The number of nitrogens with zero attached hydrogens (tertiary/aromatic N) is 1. The zero-order chi connectivity index (χ0) is 12.8. The molecule has 2 nitrogen and oxygen atoms in total. The van der Waals surface area contributed by atoms with E-state index < -0.39 is 0 Å². The Balaban J connectivity index is 3.36. The minimum Gasteiger partial charge on any atom is -0.388 e. The van der Waals surface area contributed by atoms with Crippen LogP contribution in [0.4, 0.5) is 5.69 Å². The maximum atomic E-state index is 3.79. The van der Waals surface area contributed by atoms with Crippen molar-refractivity contribution in [3.8, 4) is 0 Å². The molecule has 0 heterocycles. The van der Waals surface area contributed by atoms with Crippen molar-refractivity contribution in [2.75, 3.05) is 26.5 Å². The third kappa shape index (κ3) is 2.92. The zero-order valence-corrected chi connectivity index (χ0v) is 11.3. The molecule has 0 aliphatic rings. The Morgan fingerprint density at radius 1 is 1.41 bits per heavy atom. The van der Waals surface area contributed by atoms with E-state index in [-0.39, 0.29) is 0 Å². The third-order valence-electron chi connectivity index (χ3n) is 2.82. The summed E-state index contributed by atoms with van der Waals surface area (Å²) in [5.41, 5.74) is 7.84. The van der Waals surface area contributed by atoms with Crippen molar-refractivity contribution in [1.82, 2.24) is 4.90 Å². The molecule has 0 amide bonds. The van der Waals surface area contributed by atoms with Crippen LogP contribution in [0.5, 0.6) is 0 Å². The molecule has 0 unspecified atom stereocenters. The minimum absolute atomic E-state index is 1.05. The third-order valence-corrected chi connectivity index (χ3v) is 2.82. The van der Waals surface area contributed by atoms with Gasteiger partial charge in [0.2, 0.25) is 0 Å². The summed E-state index contributed by atoms with van der Waals surface area (Å²) in [7, 11) is 6.01. The average molecular weight is 230 g/mol. The quantitative estimate of drug-likeness (QED) is 0.780. The molecule has 0 saturated heterocycles. The van der Waals surface area contributed by atoms with E-state index in [1.165, 1.54) is 16.8 Å². The molecule has 0 spiro atoms. The van der Waals surface area contributed by atoms with Gasteiger partial charge in [0.15, 0.2) is 0 Å². The summed E-state index contributed by atoms with van der Waals surface area (Å²) in [6.07, 6.45) is 2.19. The van der Waals surface area contributed by atoms with Crippen LogP contribution < -0.4 is 5.32 Å². The largest absolute Gasteiger partial charge is 0.388 e. The predicted molar refractivity (Wildman–Crippen MR) is 76.2 cm³/mol. The van der Waals surface area contributed by atoms with Crippen LogP contribution in [-0.2, 0) is 6.42 Å². The smallest absolute Gasteiger partial charge is 0.0865 e. The highest BCUT2D eigenvalue weighted by molar-refractivity contribution is 5.71. The highest BCUT2D eigenvalue weighted by Gasteiger charge is 2.11. The van der Waals surface area contributed by atoms with Crippen molar-refractivity contribution in [3.63, 3.8) is 0 Å². The molecule has 0 radical (unpaired) electrons. The molecule has 1 N–H and O–H groups in total. The van der Waals surface area contributed by atoms with E-state index in [0.717, 1.165) is 18.5 Å². The number of nitrogens with one attached hydrogen (secondary N) is 1. The molecule has 1 rings (SSSR count). The van der Waals surface area contributed by atoms with Gasteiger partial charge in [-0.3, -0.25) is 0 Å². The Morgan fingerprint density at radius 2 is 2.12 bits per heavy atom. The van der Waals surface area contributed by atoms with E-state index in [2.05, 4.69) is 47.6 Å². The Labute approximate surface area is 105 Å². The fraction of sp³-hybridized carbons (Fsp3) is 0.400. The molecule has 1 aromatic carbocycles. The van der Waals surface area contributed by atoms with Crippen LogP contribution in [0.1, 0.15) is 24.5 Å². The number of hydrogen-bond acceptors (Lipinski definition) is 2. The molecule has 0 bridgehead atoms. The molecule has 0 aromatic heterocycles. The van der Waals surface area contributed by atoms with Crippen LogP contribution in [0.15, 0.2) is 30.5 Å². The minimum atomic E-state index is 1.05. The van der Waals surface area contributed by atoms with Gasteiger partial charge in [-0.1, -0.05) is 32.1 Å². The first-order chi connectivity index (χ1) is 8.15. The second-order valence-corrected chi connectivity index (χ2v) is 4.25. The predicted octanol–water partition coefficient (Wildman–Crippen LogP) is 3.37. The monoisotopic (exact) mass is 230 g/mol. The van der Waals surface area contributed by atoms with Gasteiger partial charge < -0.3 is 10.2 Å². The first kappa shape index (κ1) is 13.4. The molecule has 0 aliphatic carbocycles. The number of rotatable bonds is 5. The summed E-state index contributed by atoms with van der Waals surface area (Å²) in [5.74, 6) is 0. The Kier molecular flexibility index (Phi) is 4.86. The number of benzene rings is 1. The Morgan fingerprint density at radius 3 is 2.59 bits per heavy atom. The van der Waals surface area contributed by atoms with Crippen LogP contribution in [0.3, 0.4) is 0 Å². The lowest BCUT2D eigenvalue weighted by Crippen LogP contribution is -2.11. The van der Waals surface area contributed by atoms with Gasteiger partial charge in [-0.25, -0.2) is 0 Å². The number of anilines is 1. The summed E-state index contributed by atoms with van der Waals surface area (Å²) in [4.78, 5) is 2.06.